The van der Waals surface area contributed by atoms with Crippen molar-refractivity contribution in [1.29, 1.82) is 0 Å². The van der Waals surface area contributed by atoms with Crippen molar-refractivity contribution in [3.63, 3.8) is 0 Å². The lowest BCUT2D eigenvalue weighted by Crippen LogP contribution is -2.53. The first kappa shape index (κ1) is 17.4. The van der Waals surface area contributed by atoms with Crippen molar-refractivity contribution in [2.45, 2.75) is 37.2 Å². The second-order valence-electron chi connectivity index (χ2n) is 6.14. The van der Waals surface area contributed by atoms with Crippen LogP contribution in [0.15, 0.2) is 29.2 Å². The molecule has 0 spiro atoms. The second-order valence-corrected chi connectivity index (χ2v) is 8.03. The third kappa shape index (κ3) is 4.07. The van der Waals surface area contributed by atoms with Gasteiger partial charge in [0.2, 0.25) is 10.0 Å². The number of hydrogen-bond acceptors (Lipinski definition) is 4. The Labute approximate surface area is 134 Å². The molecule has 0 radical (unpaired) electrons. The van der Waals surface area contributed by atoms with E-state index in [0.717, 1.165) is 38.0 Å². The van der Waals surface area contributed by atoms with Crippen LogP contribution in [0.25, 0.3) is 0 Å². The molecule has 1 unspecified atom stereocenters. The normalized spacial score (nSPS) is 20.5. The molecule has 1 N–H and O–H groups in total. The molecule has 1 heterocycles. The second kappa shape index (κ2) is 7.55. The average molecular weight is 325 g/mol. The van der Waals surface area contributed by atoms with E-state index in [2.05, 4.69) is 17.1 Å². The standard InChI is InChI=1S/C16H27N3O2S/c1-4-5-15-12-17-10-11-19(15)22(20,21)16-8-6-14(7-9-16)13-18(2)3/h6-9,15,17H,4-5,10-13H2,1-3H3. The van der Waals surface area contributed by atoms with Gasteiger partial charge in [-0.15, -0.1) is 0 Å². The Kier molecular flexibility index (Phi) is 5.97. The van der Waals surface area contributed by atoms with Crippen molar-refractivity contribution in [2.75, 3.05) is 33.7 Å². The number of hydrogen-bond donors (Lipinski definition) is 1. The Morgan fingerprint density at radius 2 is 1.95 bits per heavy atom. The molecule has 0 amide bonds. The number of rotatable bonds is 6. The van der Waals surface area contributed by atoms with Crippen molar-refractivity contribution in [3.05, 3.63) is 29.8 Å². The highest BCUT2D eigenvalue weighted by Gasteiger charge is 2.32. The first-order valence-electron chi connectivity index (χ1n) is 7.91. The molecule has 124 valence electrons. The molecule has 0 aliphatic carbocycles. The Balaban J connectivity index is 2.21. The third-order valence-electron chi connectivity index (χ3n) is 3.95. The zero-order chi connectivity index (χ0) is 16.2. The van der Waals surface area contributed by atoms with Crippen LogP contribution < -0.4 is 5.32 Å². The maximum atomic E-state index is 12.9. The van der Waals surface area contributed by atoms with E-state index in [1.54, 1.807) is 16.4 Å². The smallest absolute Gasteiger partial charge is 0.243 e. The zero-order valence-electron chi connectivity index (χ0n) is 13.7. The fourth-order valence-corrected chi connectivity index (χ4v) is 4.56. The molecule has 1 aliphatic heterocycles. The first-order valence-corrected chi connectivity index (χ1v) is 9.35. The summed E-state index contributed by atoms with van der Waals surface area (Å²) in [6.45, 7) is 4.91. The van der Waals surface area contributed by atoms with Gasteiger partial charge in [-0.2, -0.15) is 4.31 Å². The van der Waals surface area contributed by atoms with Crippen LogP contribution in [0.5, 0.6) is 0 Å². The van der Waals surface area contributed by atoms with Gasteiger partial charge >= 0.3 is 0 Å². The monoisotopic (exact) mass is 325 g/mol. The van der Waals surface area contributed by atoms with E-state index in [1.807, 2.05) is 26.2 Å². The molecule has 5 nitrogen and oxygen atoms in total. The maximum Gasteiger partial charge on any atom is 0.243 e. The summed E-state index contributed by atoms with van der Waals surface area (Å²) in [6.07, 6.45) is 1.88. The highest BCUT2D eigenvalue weighted by atomic mass is 32.2. The van der Waals surface area contributed by atoms with Crippen LogP contribution in [0.4, 0.5) is 0 Å². The summed E-state index contributed by atoms with van der Waals surface area (Å²) in [7, 11) is 0.603. The predicted octanol–water partition coefficient (Wildman–Crippen LogP) is 1.51. The summed E-state index contributed by atoms with van der Waals surface area (Å²) in [6, 6.07) is 7.34. The largest absolute Gasteiger partial charge is 0.314 e. The highest BCUT2D eigenvalue weighted by Crippen LogP contribution is 2.22. The molecule has 1 aromatic rings. The summed E-state index contributed by atoms with van der Waals surface area (Å²) in [5.74, 6) is 0. The summed E-state index contributed by atoms with van der Waals surface area (Å²) in [5.41, 5.74) is 1.12. The van der Waals surface area contributed by atoms with E-state index >= 15 is 0 Å². The van der Waals surface area contributed by atoms with E-state index in [9.17, 15) is 8.42 Å². The summed E-state index contributed by atoms with van der Waals surface area (Å²) < 4.78 is 27.5. The van der Waals surface area contributed by atoms with Crippen molar-refractivity contribution >= 4 is 10.0 Å². The molecule has 1 saturated heterocycles. The number of nitrogens with one attached hydrogen (secondary N) is 1. The summed E-state index contributed by atoms with van der Waals surface area (Å²) in [4.78, 5) is 2.47. The average Bonchev–Trinajstić information content (AvgIpc) is 2.48. The van der Waals surface area contributed by atoms with Gasteiger partial charge in [0.25, 0.3) is 0 Å². The minimum absolute atomic E-state index is 0.0604. The van der Waals surface area contributed by atoms with Gasteiger partial charge in [0.05, 0.1) is 4.90 Å². The molecular formula is C16H27N3O2S. The molecule has 1 aliphatic rings. The van der Waals surface area contributed by atoms with Crippen LogP contribution in [0.2, 0.25) is 0 Å². The molecule has 1 atom stereocenters. The van der Waals surface area contributed by atoms with Gasteiger partial charge in [-0.3, -0.25) is 0 Å². The van der Waals surface area contributed by atoms with Gasteiger partial charge in [0.15, 0.2) is 0 Å². The van der Waals surface area contributed by atoms with Crippen LogP contribution in [0, 0.1) is 0 Å². The Hall–Kier alpha value is -0.950. The van der Waals surface area contributed by atoms with Crippen molar-refractivity contribution in [3.8, 4) is 0 Å². The van der Waals surface area contributed by atoms with E-state index in [0.29, 0.717) is 11.4 Å². The number of nitrogens with zero attached hydrogens (tertiary/aromatic N) is 2. The molecule has 0 saturated carbocycles. The highest BCUT2D eigenvalue weighted by molar-refractivity contribution is 7.89. The SMILES string of the molecule is CCCC1CNCCN1S(=O)(=O)c1ccc(CN(C)C)cc1. The molecule has 6 heteroatoms. The maximum absolute atomic E-state index is 12.9. The van der Waals surface area contributed by atoms with Crippen LogP contribution in [-0.2, 0) is 16.6 Å². The summed E-state index contributed by atoms with van der Waals surface area (Å²) in [5, 5.41) is 3.29. The van der Waals surface area contributed by atoms with Gasteiger partial charge in [-0.25, -0.2) is 8.42 Å². The van der Waals surface area contributed by atoms with Crippen LogP contribution >= 0.6 is 0 Å². The molecule has 1 fully saturated rings. The molecule has 0 bridgehead atoms. The molecular weight excluding hydrogens is 298 g/mol. The lowest BCUT2D eigenvalue weighted by molar-refractivity contribution is 0.254. The predicted molar refractivity (Wildman–Crippen MR) is 89.3 cm³/mol. The number of benzene rings is 1. The van der Waals surface area contributed by atoms with Crippen molar-refractivity contribution in [2.24, 2.45) is 0 Å². The lowest BCUT2D eigenvalue weighted by atomic mass is 10.1. The zero-order valence-corrected chi connectivity index (χ0v) is 14.6. The Morgan fingerprint density at radius 3 is 2.55 bits per heavy atom. The summed E-state index contributed by atoms with van der Waals surface area (Å²) >= 11 is 0. The minimum Gasteiger partial charge on any atom is -0.314 e. The van der Waals surface area contributed by atoms with Crippen LogP contribution in [0.3, 0.4) is 0 Å². The number of piperazine rings is 1. The molecule has 22 heavy (non-hydrogen) atoms. The first-order chi connectivity index (χ1) is 10.4. The number of sulfonamides is 1. The quantitative estimate of drug-likeness (QED) is 0.861. The molecule has 0 aromatic heterocycles. The van der Waals surface area contributed by atoms with Crippen molar-refractivity contribution in [1.82, 2.24) is 14.5 Å². The van der Waals surface area contributed by atoms with E-state index in [1.165, 1.54) is 0 Å². The van der Waals surface area contributed by atoms with Crippen LogP contribution in [0.1, 0.15) is 25.3 Å². The van der Waals surface area contributed by atoms with E-state index < -0.39 is 10.0 Å². The molecule has 2 rings (SSSR count). The minimum atomic E-state index is -3.40. The van der Waals surface area contributed by atoms with E-state index in [4.69, 9.17) is 0 Å². The van der Waals surface area contributed by atoms with Gasteiger partial charge in [-0.05, 0) is 38.2 Å². The van der Waals surface area contributed by atoms with Crippen molar-refractivity contribution < 1.29 is 8.42 Å². The van der Waals surface area contributed by atoms with Gasteiger partial charge in [-0.1, -0.05) is 25.5 Å². The van der Waals surface area contributed by atoms with Crippen LogP contribution in [-0.4, -0.2) is 57.4 Å². The molecule has 1 aromatic carbocycles. The van der Waals surface area contributed by atoms with Gasteiger partial charge < -0.3 is 10.2 Å². The third-order valence-corrected chi connectivity index (χ3v) is 5.91. The fourth-order valence-electron chi connectivity index (χ4n) is 2.91. The Bertz CT molecular complexity index is 568. The lowest BCUT2D eigenvalue weighted by Gasteiger charge is -2.35. The van der Waals surface area contributed by atoms with Gasteiger partial charge in [0.1, 0.15) is 0 Å². The Morgan fingerprint density at radius 1 is 1.27 bits per heavy atom. The van der Waals surface area contributed by atoms with Gasteiger partial charge in [0, 0.05) is 32.2 Å². The van der Waals surface area contributed by atoms with E-state index in [-0.39, 0.29) is 6.04 Å². The topological polar surface area (TPSA) is 52.7 Å². The fraction of sp³-hybridized carbons (Fsp3) is 0.625.